The van der Waals surface area contributed by atoms with E-state index in [0.29, 0.717) is 11.3 Å². The molecule has 1 rings (SSSR count). The van der Waals surface area contributed by atoms with Gasteiger partial charge in [0.05, 0.1) is 0 Å². The standard InChI is InChI=1S/C17H20BNO/c1-6-8-14(7-2)17-11(3)9-15(10-18-17)16(12(4)19)13(5)20/h7,9-10,19-20H,1-5H3/b14-7-,16-13+,19-12?. The zero-order chi connectivity index (χ0) is 15.3. The average Bonchev–Trinajstić information content (AvgIpc) is 2.36. The van der Waals surface area contributed by atoms with Crippen LogP contribution >= 0.6 is 0 Å². The number of nitrogens with one attached hydrogen (secondary N) is 1. The van der Waals surface area contributed by atoms with Gasteiger partial charge in [-0.1, -0.05) is 0 Å². The summed E-state index contributed by atoms with van der Waals surface area (Å²) in [5.74, 6) is 8.11. The summed E-state index contributed by atoms with van der Waals surface area (Å²) in [6.45, 7) is 11.1. The number of aliphatic hydroxyl groups excluding tert-OH is 1. The van der Waals surface area contributed by atoms with Gasteiger partial charge < -0.3 is 0 Å². The van der Waals surface area contributed by atoms with Crippen LogP contribution in [0.15, 0.2) is 23.9 Å². The van der Waals surface area contributed by atoms with Crippen molar-refractivity contribution in [1.82, 2.24) is 0 Å². The fourth-order valence-corrected chi connectivity index (χ4v) is 2.25. The molecule has 20 heavy (non-hydrogen) atoms. The second kappa shape index (κ2) is 6.91. The van der Waals surface area contributed by atoms with Gasteiger partial charge in [0.2, 0.25) is 0 Å². The van der Waals surface area contributed by atoms with E-state index in [2.05, 4.69) is 11.8 Å². The first kappa shape index (κ1) is 16.0. The van der Waals surface area contributed by atoms with E-state index < -0.39 is 0 Å². The van der Waals surface area contributed by atoms with Gasteiger partial charge in [0.25, 0.3) is 0 Å². The monoisotopic (exact) mass is 265 g/mol. The van der Waals surface area contributed by atoms with Crippen molar-refractivity contribution in [3.63, 3.8) is 0 Å². The third kappa shape index (κ3) is 3.48. The molecule has 0 aliphatic rings. The molecular weight excluding hydrogens is 245 g/mol. The quantitative estimate of drug-likeness (QED) is 0.482. The van der Waals surface area contributed by atoms with Crippen molar-refractivity contribution in [2.45, 2.75) is 34.6 Å². The van der Waals surface area contributed by atoms with Crippen molar-refractivity contribution in [3.8, 4) is 11.8 Å². The molecule has 0 amide bonds. The van der Waals surface area contributed by atoms with E-state index in [1.807, 2.05) is 45.8 Å². The molecule has 3 heteroatoms. The molecule has 0 saturated heterocycles. The Morgan fingerprint density at radius 2 is 2.05 bits per heavy atom. The van der Waals surface area contributed by atoms with Crippen LogP contribution in [0.25, 0.3) is 11.1 Å². The molecule has 1 heterocycles. The zero-order valence-electron chi connectivity index (χ0n) is 12.8. The third-order valence-electron chi connectivity index (χ3n) is 3.09. The molecule has 102 valence electrons. The van der Waals surface area contributed by atoms with Crippen LogP contribution in [0.5, 0.6) is 0 Å². The molecular formula is C17H20BNO. The van der Waals surface area contributed by atoms with Crippen LogP contribution in [0.2, 0.25) is 0 Å². The van der Waals surface area contributed by atoms with E-state index in [4.69, 9.17) is 5.41 Å². The average molecular weight is 265 g/mol. The Balaban J connectivity index is 3.40. The summed E-state index contributed by atoms with van der Waals surface area (Å²) >= 11 is 0. The van der Waals surface area contributed by atoms with Gasteiger partial charge in [-0.3, -0.25) is 0 Å². The van der Waals surface area contributed by atoms with Gasteiger partial charge in [-0.05, 0) is 0 Å². The van der Waals surface area contributed by atoms with Gasteiger partial charge in [-0.2, -0.15) is 0 Å². The molecule has 0 aliphatic heterocycles. The first-order valence-corrected chi connectivity index (χ1v) is 6.58. The van der Waals surface area contributed by atoms with Gasteiger partial charge in [-0.15, -0.1) is 0 Å². The molecule has 2 N–H and O–H groups in total. The van der Waals surface area contributed by atoms with E-state index in [-0.39, 0.29) is 5.76 Å². The molecule has 0 aliphatic carbocycles. The van der Waals surface area contributed by atoms with E-state index in [9.17, 15) is 5.11 Å². The molecule has 0 bridgehead atoms. The van der Waals surface area contributed by atoms with E-state index in [1.54, 1.807) is 13.8 Å². The minimum absolute atomic E-state index is 0.171. The second-order valence-corrected chi connectivity index (χ2v) is 4.69. The second-order valence-electron chi connectivity index (χ2n) is 4.69. The summed E-state index contributed by atoms with van der Waals surface area (Å²) in [6, 6.07) is 1.99. The summed E-state index contributed by atoms with van der Waals surface area (Å²) in [4.78, 5) is 0. The Morgan fingerprint density at radius 1 is 1.40 bits per heavy atom. The van der Waals surface area contributed by atoms with Crippen LogP contribution in [-0.2, 0) is 0 Å². The minimum atomic E-state index is 0.171. The summed E-state index contributed by atoms with van der Waals surface area (Å²) in [5, 5.41) is 17.5. The SMILES string of the molecule is CC#C/C(=C/C)c1bcc(/C(C(C)=N)=C(\C)O)cc1C. The zero-order valence-corrected chi connectivity index (χ0v) is 12.8. The summed E-state index contributed by atoms with van der Waals surface area (Å²) in [5.41, 5.74) is 4.97. The summed E-state index contributed by atoms with van der Waals surface area (Å²) in [6.07, 6.45) is 1.99. The molecule has 2 nitrogen and oxygen atoms in total. The maximum atomic E-state index is 9.74. The van der Waals surface area contributed by atoms with Crippen molar-refractivity contribution in [3.05, 3.63) is 40.4 Å². The van der Waals surface area contributed by atoms with E-state index >= 15 is 0 Å². The number of rotatable bonds is 3. The predicted molar refractivity (Wildman–Crippen MR) is 88.3 cm³/mol. The molecule has 0 spiro atoms. The molecule has 0 fully saturated rings. The number of hydrogen-bond donors (Lipinski definition) is 2. The van der Waals surface area contributed by atoms with Crippen molar-refractivity contribution >= 4 is 23.8 Å². The topological polar surface area (TPSA) is 44.1 Å². The molecule has 0 atom stereocenters. The third-order valence-corrected chi connectivity index (χ3v) is 3.09. The molecule has 0 aromatic carbocycles. The van der Waals surface area contributed by atoms with Crippen molar-refractivity contribution in [2.75, 3.05) is 0 Å². The molecule has 0 unspecified atom stereocenters. The fourth-order valence-electron chi connectivity index (χ4n) is 2.25. The number of aliphatic hydroxyl groups is 1. The molecule has 1 aromatic rings. The molecule has 0 radical (unpaired) electrons. The molecule has 0 saturated carbocycles. The first-order chi connectivity index (χ1) is 9.42. The van der Waals surface area contributed by atoms with Crippen LogP contribution in [0.4, 0.5) is 0 Å². The Bertz CT molecular complexity index is 653. The molecule has 1 aromatic heterocycles. The van der Waals surface area contributed by atoms with Gasteiger partial charge in [0, 0.05) is 0 Å². The van der Waals surface area contributed by atoms with Gasteiger partial charge in [0.15, 0.2) is 0 Å². The number of allylic oxidation sites excluding steroid dienone is 4. The van der Waals surface area contributed by atoms with Crippen LogP contribution in [0.3, 0.4) is 0 Å². The Morgan fingerprint density at radius 3 is 2.45 bits per heavy atom. The van der Waals surface area contributed by atoms with Crippen molar-refractivity contribution in [1.29, 1.82) is 5.41 Å². The Hall–Kier alpha value is -2.08. The predicted octanol–water partition coefficient (Wildman–Crippen LogP) is 4.09. The van der Waals surface area contributed by atoms with Crippen molar-refractivity contribution < 1.29 is 5.11 Å². The summed E-state index contributed by atoms with van der Waals surface area (Å²) in [7, 11) is 0. The van der Waals surface area contributed by atoms with Crippen molar-refractivity contribution in [2.24, 2.45) is 0 Å². The Labute approximate surface area is 122 Å². The first-order valence-electron chi connectivity index (χ1n) is 6.58. The van der Waals surface area contributed by atoms with Gasteiger partial charge in [-0.25, -0.2) is 0 Å². The Kier molecular flexibility index (Phi) is 5.52. The van der Waals surface area contributed by atoms with Crippen LogP contribution in [-0.4, -0.2) is 17.7 Å². The number of hydrogen-bond acceptors (Lipinski definition) is 2. The number of aryl methyl sites for hydroxylation is 1. The normalized spacial score (nSPS) is 12.2. The van der Waals surface area contributed by atoms with Gasteiger partial charge >= 0.3 is 121 Å². The fraction of sp³-hybridized carbons (Fsp3) is 0.294. The maximum absolute atomic E-state index is 9.74. The van der Waals surface area contributed by atoms with Crippen LogP contribution in [0.1, 0.15) is 44.3 Å². The summed E-state index contributed by atoms with van der Waals surface area (Å²) < 4.78 is 0. The van der Waals surface area contributed by atoms with Gasteiger partial charge in [0.1, 0.15) is 0 Å². The van der Waals surface area contributed by atoms with E-state index in [1.165, 1.54) is 0 Å². The van der Waals surface area contributed by atoms with E-state index in [0.717, 1.165) is 22.2 Å². The van der Waals surface area contributed by atoms with Crippen LogP contribution in [0, 0.1) is 24.2 Å². The van der Waals surface area contributed by atoms with Crippen LogP contribution < -0.4 is 0 Å².